The van der Waals surface area contributed by atoms with Crippen LogP contribution in [0.4, 0.5) is 0 Å². The number of rotatable bonds is 5. The van der Waals surface area contributed by atoms with Gasteiger partial charge in [0.2, 0.25) is 0 Å². The monoisotopic (exact) mass is 367 g/mol. The van der Waals surface area contributed by atoms with Crippen LogP contribution in [-0.2, 0) is 19.1 Å². The second kappa shape index (κ2) is 8.99. The molecule has 1 fully saturated rings. The number of hydrogen-bond acceptors (Lipinski definition) is 6. The van der Waals surface area contributed by atoms with E-state index in [1.807, 2.05) is 4.90 Å². The average molecular weight is 368 g/mol. The number of aliphatic hydroxyl groups excluding tert-OH is 1. The molecule has 2 rings (SSSR count). The van der Waals surface area contributed by atoms with Crippen LogP contribution in [0.25, 0.3) is 0 Å². The summed E-state index contributed by atoms with van der Waals surface area (Å²) in [6.45, 7) is 2.68. The van der Waals surface area contributed by atoms with Crippen LogP contribution in [0.1, 0.15) is 24.9 Å². The minimum atomic E-state index is -0.745. The molecule has 1 aliphatic rings. The van der Waals surface area contributed by atoms with Crippen LogP contribution < -0.4 is 0 Å². The molecule has 0 radical (unpaired) electrons. The molecule has 0 unspecified atom stereocenters. The van der Waals surface area contributed by atoms with E-state index in [2.05, 4.69) is 0 Å². The summed E-state index contributed by atoms with van der Waals surface area (Å²) in [5, 5.41) is 10.6. The van der Waals surface area contributed by atoms with Crippen LogP contribution in [0.2, 0.25) is 5.02 Å². The number of hydrogen-bond donors (Lipinski definition) is 1. The molecule has 1 heterocycles. The highest BCUT2D eigenvalue weighted by molar-refractivity contribution is 6.31. The molecule has 0 bridgehead atoms. The third kappa shape index (κ3) is 4.81. The number of carbonyl (C=O) groups excluding carboxylic acids is 2. The van der Waals surface area contributed by atoms with E-state index in [9.17, 15) is 14.7 Å². The molecule has 0 spiro atoms. The summed E-state index contributed by atoms with van der Waals surface area (Å²) in [6, 6.07) is 6.35. The summed E-state index contributed by atoms with van der Waals surface area (Å²) in [4.78, 5) is 25.9. The number of likely N-dealkylation sites (tertiary alicyclic amines) is 1. The van der Waals surface area contributed by atoms with Gasteiger partial charge in [-0.1, -0.05) is 29.8 Å². The van der Waals surface area contributed by atoms with Gasteiger partial charge in [0.05, 0.1) is 19.8 Å². The average Bonchev–Trinajstić information content (AvgIpc) is 2.59. The third-order valence-electron chi connectivity index (χ3n) is 4.08. The van der Waals surface area contributed by atoms with Crippen molar-refractivity contribution >= 4 is 23.5 Å². The van der Waals surface area contributed by atoms with Crippen molar-refractivity contribution in [2.45, 2.75) is 25.5 Å². The molecule has 0 saturated carbocycles. The number of benzene rings is 1. The summed E-state index contributed by atoms with van der Waals surface area (Å²) >= 11 is 6.26. The van der Waals surface area contributed by atoms with Crippen molar-refractivity contribution in [1.29, 1.82) is 0 Å². The van der Waals surface area contributed by atoms with Gasteiger partial charge in [-0.25, -0.2) is 9.59 Å². The van der Waals surface area contributed by atoms with E-state index in [0.717, 1.165) is 0 Å². The van der Waals surface area contributed by atoms with Gasteiger partial charge in [-0.05, 0) is 30.5 Å². The van der Waals surface area contributed by atoms with Gasteiger partial charge in [-0.15, -0.1) is 0 Å². The normalized spacial score (nSPS) is 21.0. The largest absolute Gasteiger partial charge is 0.468 e. The molecule has 136 valence electrons. The summed E-state index contributed by atoms with van der Waals surface area (Å²) in [5.41, 5.74) is 1.13. The van der Waals surface area contributed by atoms with Crippen LogP contribution in [-0.4, -0.2) is 54.9 Å². The lowest BCUT2D eigenvalue weighted by molar-refractivity contribution is -0.147. The van der Waals surface area contributed by atoms with Crippen LogP contribution in [0, 0.1) is 0 Å². The highest BCUT2D eigenvalue weighted by atomic mass is 35.5. The molecule has 1 aromatic rings. The maximum absolute atomic E-state index is 12.4. The highest BCUT2D eigenvalue weighted by Gasteiger charge is 2.34. The molecule has 0 aromatic heterocycles. The molecule has 0 aliphatic carbocycles. The van der Waals surface area contributed by atoms with E-state index >= 15 is 0 Å². The van der Waals surface area contributed by atoms with E-state index in [0.29, 0.717) is 29.1 Å². The lowest BCUT2D eigenvalue weighted by Gasteiger charge is -2.36. The summed E-state index contributed by atoms with van der Waals surface area (Å²) in [7, 11) is 1.32. The zero-order chi connectivity index (χ0) is 18.4. The molecule has 7 heteroatoms. The Balaban J connectivity index is 2.30. The first-order valence-corrected chi connectivity index (χ1v) is 8.47. The quantitative estimate of drug-likeness (QED) is 0.634. The van der Waals surface area contributed by atoms with Crippen LogP contribution >= 0.6 is 11.6 Å². The number of methoxy groups -OCH3 is 1. The maximum Gasteiger partial charge on any atom is 0.330 e. The Morgan fingerprint density at radius 2 is 2.16 bits per heavy atom. The summed E-state index contributed by atoms with van der Waals surface area (Å²) in [5.74, 6) is -0.953. The zero-order valence-electron chi connectivity index (χ0n) is 14.3. The zero-order valence-corrected chi connectivity index (χ0v) is 15.0. The predicted octanol–water partition coefficient (Wildman–Crippen LogP) is 2.11. The first kappa shape index (κ1) is 19.4. The number of carbonyl (C=O) groups is 2. The number of piperidine rings is 1. The fourth-order valence-corrected chi connectivity index (χ4v) is 3.11. The van der Waals surface area contributed by atoms with Crippen LogP contribution in [0.3, 0.4) is 0 Å². The number of nitrogens with zero attached hydrogens (tertiary/aromatic N) is 1. The molecule has 1 saturated heterocycles. The van der Waals surface area contributed by atoms with Crippen molar-refractivity contribution in [2.24, 2.45) is 0 Å². The number of aliphatic hydroxyl groups is 1. The Bertz CT molecular complexity index is 661. The van der Waals surface area contributed by atoms with Gasteiger partial charge >= 0.3 is 11.9 Å². The van der Waals surface area contributed by atoms with Gasteiger partial charge < -0.3 is 14.6 Å². The Labute approximate surface area is 152 Å². The van der Waals surface area contributed by atoms with Gasteiger partial charge in [0.15, 0.2) is 0 Å². The second-order valence-corrected chi connectivity index (χ2v) is 6.10. The van der Waals surface area contributed by atoms with Gasteiger partial charge in [0, 0.05) is 24.2 Å². The second-order valence-electron chi connectivity index (χ2n) is 5.69. The van der Waals surface area contributed by atoms with E-state index in [-0.39, 0.29) is 13.2 Å². The molecular formula is C18H22ClNO5. The summed E-state index contributed by atoms with van der Waals surface area (Å²) in [6.07, 6.45) is 0.940. The van der Waals surface area contributed by atoms with Gasteiger partial charge in [-0.2, -0.15) is 0 Å². The minimum Gasteiger partial charge on any atom is -0.468 e. The number of halogens is 1. The molecule has 0 amide bonds. The Morgan fingerprint density at radius 1 is 1.44 bits per heavy atom. The fraction of sp³-hybridized carbons (Fsp3) is 0.444. The lowest BCUT2D eigenvalue weighted by atomic mass is 9.96. The van der Waals surface area contributed by atoms with Gasteiger partial charge in [0.1, 0.15) is 6.04 Å². The Kier molecular flexibility index (Phi) is 6.99. The number of esters is 2. The van der Waals surface area contributed by atoms with E-state index < -0.39 is 24.1 Å². The third-order valence-corrected chi connectivity index (χ3v) is 4.43. The Hall–Kier alpha value is -1.89. The topological polar surface area (TPSA) is 76.1 Å². The number of ether oxygens (including phenoxy) is 2. The fourth-order valence-electron chi connectivity index (χ4n) is 2.87. The first-order chi connectivity index (χ1) is 12.0. The van der Waals surface area contributed by atoms with Gasteiger partial charge in [0.25, 0.3) is 0 Å². The smallest absolute Gasteiger partial charge is 0.330 e. The first-order valence-electron chi connectivity index (χ1n) is 8.09. The van der Waals surface area contributed by atoms with Crippen LogP contribution in [0.5, 0.6) is 0 Å². The highest BCUT2D eigenvalue weighted by Crippen LogP contribution is 2.32. The van der Waals surface area contributed by atoms with Crippen molar-refractivity contribution < 1.29 is 24.2 Å². The predicted molar refractivity (Wildman–Crippen MR) is 93.1 cm³/mol. The standard InChI is InChI=1S/C18H22ClNO5/c1-3-25-16(22)10-12-11-20(9-8-15(12)21)17(18(23)24-2)13-6-4-5-7-14(13)19/h4-7,10,15,17,21H,3,8-9,11H2,1-2H3/b12-10+/t15-,17+/m1/s1. The molecule has 2 atom stereocenters. The maximum atomic E-state index is 12.4. The lowest BCUT2D eigenvalue weighted by Crippen LogP contribution is -2.43. The molecule has 1 aromatic carbocycles. The Morgan fingerprint density at radius 3 is 2.80 bits per heavy atom. The van der Waals surface area contributed by atoms with E-state index in [4.69, 9.17) is 21.1 Å². The van der Waals surface area contributed by atoms with Crippen molar-refractivity contribution in [3.05, 3.63) is 46.5 Å². The van der Waals surface area contributed by atoms with Crippen molar-refractivity contribution in [2.75, 3.05) is 26.8 Å². The molecule has 25 heavy (non-hydrogen) atoms. The van der Waals surface area contributed by atoms with Crippen molar-refractivity contribution in [1.82, 2.24) is 4.90 Å². The minimum absolute atomic E-state index is 0.241. The SMILES string of the molecule is CCOC(=O)/C=C1\CN([C@H](C(=O)OC)c2ccccc2Cl)CC[C@H]1O. The van der Waals surface area contributed by atoms with E-state index in [1.165, 1.54) is 13.2 Å². The molecule has 1 N–H and O–H groups in total. The van der Waals surface area contributed by atoms with Crippen LogP contribution in [0.15, 0.2) is 35.9 Å². The van der Waals surface area contributed by atoms with Crippen molar-refractivity contribution in [3.63, 3.8) is 0 Å². The summed E-state index contributed by atoms with van der Waals surface area (Å²) < 4.78 is 9.85. The van der Waals surface area contributed by atoms with Gasteiger partial charge in [-0.3, -0.25) is 4.90 Å². The molecule has 6 nitrogen and oxygen atoms in total. The van der Waals surface area contributed by atoms with Crippen molar-refractivity contribution in [3.8, 4) is 0 Å². The molecular weight excluding hydrogens is 346 g/mol. The molecule has 1 aliphatic heterocycles. The van der Waals surface area contributed by atoms with E-state index in [1.54, 1.807) is 31.2 Å².